The summed E-state index contributed by atoms with van der Waals surface area (Å²) in [5.74, 6) is 0.471. The first kappa shape index (κ1) is 18.5. The van der Waals surface area contributed by atoms with E-state index in [-0.39, 0.29) is 5.91 Å². The van der Waals surface area contributed by atoms with Crippen molar-refractivity contribution in [2.45, 2.75) is 32.7 Å². The Labute approximate surface area is 167 Å². The number of carbonyl (C=O) groups is 1. The van der Waals surface area contributed by atoms with Gasteiger partial charge in [0.2, 0.25) is 5.95 Å². The van der Waals surface area contributed by atoms with Gasteiger partial charge in [0, 0.05) is 42.6 Å². The first-order valence-electron chi connectivity index (χ1n) is 9.48. The zero-order valence-electron chi connectivity index (χ0n) is 15.8. The number of thiazole rings is 1. The molecule has 1 saturated heterocycles. The summed E-state index contributed by atoms with van der Waals surface area (Å²) in [6.45, 7) is 4.36. The maximum absolute atomic E-state index is 12.9. The maximum Gasteiger partial charge on any atom is 0.255 e. The standard InChI is InChI=1S/C20H22N6OS/c1-2-17-24-15(13-28-17)11-22-19(27)16-12-23-20(26-9-3-4-10-26)25-18(16)14-5-7-21-8-6-14/h5-8,12-13H,2-4,9-11H2,1H3,(H,22,27). The molecule has 4 rings (SSSR count). The number of aromatic nitrogens is 4. The predicted octanol–water partition coefficient (Wildman–Crippen LogP) is 3.09. The molecule has 0 unspecified atom stereocenters. The minimum Gasteiger partial charge on any atom is -0.346 e. The maximum atomic E-state index is 12.9. The summed E-state index contributed by atoms with van der Waals surface area (Å²) in [7, 11) is 0. The van der Waals surface area contributed by atoms with E-state index in [2.05, 4.69) is 32.1 Å². The van der Waals surface area contributed by atoms with Gasteiger partial charge in [0.1, 0.15) is 0 Å². The number of nitrogens with zero attached hydrogens (tertiary/aromatic N) is 5. The second-order valence-electron chi connectivity index (χ2n) is 6.63. The number of amides is 1. The highest BCUT2D eigenvalue weighted by molar-refractivity contribution is 7.09. The molecule has 0 saturated carbocycles. The SMILES string of the molecule is CCc1nc(CNC(=O)c2cnc(N3CCCC3)nc2-c2ccncc2)cs1. The lowest BCUT2D eigenvalue weighted by Crippen LogP contribution is -2.26. The van der Waals surface area contributed by atoms with E-state index in [1.165, 1.54) is 0 Å². The molecule has 1 amide bonds. The van der Waals surface area contributed by atoms with Gasteiger partial charge in [0.05, 0.1) is 28.5 Å². The number of pyridine rings is 1. The molecule has 4 heterocycles. The van der Waals surface area contributed by atoms with E-state index >= 15 is 0 Å². The van der Waals surface area contributed by atoms with Gasteiger partial charge in [-0.1, -0.05) is 6.92 Å². The number of nitrogens with one attached hydrogen (secondary N) is 1. The minimum absolute atomic E-state index is 0.203. The van der Waals surface area contributed by atoms with Crippen LogP contribution in [0.25, 0.3) is 11.3 Å². The largest absolute Gasteiger partial charge is 0.346 e. The molecule has 3 aromatic heterocycles. The molecule has 144 valence electrons. The summed E-state index contributed by atoms with van der Waals surface area (Å²) in [5.41, 5.74) is 2.81. The second-order valence-corrected chi connectivity index (χ2v) is 7.57. The predicted molar refractivity (Wildman–Crippen MR) is 109 cm³/mol. The summed E-state index contributed by atoms with van der Waals surface area (Å²) in [4.78, 5) is 32.8. The molecule has 3 aromatic rings. The van der Waals surface area contributed by atoms with Gasteiger partial charge in [-0.15, -0.1) is 11.3 Å². The Balaban J connectivity index is 1.60. The van der Waals surface area contributed by atoms with Crippen LogP contribution in [-0.2, 0) is 13.0 Å². The van der Waals surface area contributed by atoms with Crippen LogP contribution in [-0.4, -0.2) is 38.9 Å². The summed E-state index contributed by atoms with van der Waals surface area (Å²) < 4.78 is 0. The fourth-order valence-electron chi connectivity index (χ4n) is 3.20. The summed E-state index contributed by atoms with van der Waals surface area (Å²) >= 11 is 1.61. The van der Waals surface area contributed by atoms with Crippen LogP contribution in [0.15, 0.2) is 36.1 Å². The van der Waals surface area contributed by atoms with Crippen LogP contribution in [0.4, 0.5) is 5.95 Å². The third kappa shape index (κ3) is 4.01. The van der Waals surface area contributed by atoms with Crippen molar-refractivity contribution in [3.05, 3.63) is 52.4 Å². The van der Waals surface area contributed by atoms with E-state index < -0.39 is 0 Å². The molecule has 28 heavy (non-hydrogen) atoms. The molecule has 1 aliphatic heterocycles. The van der Waals surface area contributed by atoms with Crippen LogP contribution in [0.1, 0.15) is 40.8 Å². The Kier molecular flexibility index (Phi) is 5.57. The number of hydrogen-bond acceptors (Lipinski definition) is 7. The van der Waals surface area contributed by atoms with Gasteiger partial charge in [-0.25, -0.2) is 15.0 Å². The van der Waals surface area contributed by atoms with Crippen molar-refractivity contribution >= 4 is 23.2 Å². The molecule has 0 atom stereocenters. The van der Waals surface area contributed by atoms with Gasteiger partial charge in [0.25, 0.3) is 5.91 Å². The molecule has 0 aliphatic carbocycles. The average Bonchev–Trinajstić information content (AvgIpc) is 3.44. The van der Waals surface area contributed by atoms with Crippen molar-refractivity contribution in [1.29, 1.82) is 0 Å². The molecule has 0 aromatic carbocycles. The van der Waals surface area contributed by atoms with Crippen molar-refractivity contribution in [3.8, 4) is 11.3 Å². The topological polar surface area (TPSA) is 83.9 Å². The van der Waals surface area contributed by atoms with E-state index in [0.29, 0.717) is 23.8 Å². The molecular formula is C20H22N6OS. The van der Waals surface area contributed by atoms with Gasteiger partial charge >= 0.3 is 0 Å². The zero-order valence-corrected chi connectivity index (χ0v) is 16.6. The Morgan fingerprint density at radius 3 is 2.71 bits per heavy atom. The lowest BCUT2D eigenvalue weighted by Gasteiger charge is -2.17. The van der Waals surface area contributed by atoms with Crippen molar-refractivity contribution in [1.82, 2.24) is 25.3 Å². The van der Waals surface area contributed by atoms with Gasteiger partial charge in [-0.2, -0.15) is 0 Å². The molecule has 0 radical (unpaired) electrons. The van der Waals surface area contributed by atoms with Crippen LogP contribution in [0.3, 0.4) is 0 Å². The second kappa shape index (κ2) is 8.43. The van der Waals surface area contributed by atoms with Crippen LogP contribution in [0.2, 0.25) is 0 Å². The fourth-order valence-corrected chi connectivity index (χ4v) is 3.94. The van der Waals surface area contributed by atoms with E-state index in [1.807, 2.05) is 17.5 Å². The van der Waals surface area contributed by atoms with Gasteiger partial charge in [-0.3, -0.25) is 9.78 Å². The number of hydrogen-bond donors (Lipinski definition) is 1. The summed E-state index contributed by atoms with van der Waals surface area (Å²) in [5, 5.41) is 6.00. The molecule has 1 N–H and O–H groups in total. The quantitative estimate of drug-likeness (QED) is 0.692. The van der Waals surface area contributed by atoms with Crippen LogP contribution < -0.4 is 10.2 Å². The van der Waals surface area contributed by atoms with Crippen LogP contribution >= 0.6 is 11.3 Å². The van der Waals surface area contributed by atoms with E-state index in [1.54, 1.807) is 29.9 Å². The highest BCUT2D eigenvalue weighted by atomic mass is 32.1. The lowest BCUT2D eigenvalue weighted by molar-refractivity contribution is 0.0950. The third-order valence-electron chi connectivity index (χ3n) is 4.70. The summed E-state index contributed by atoms with van der Waals surface area (Å²) in [6, 6.07) is 3.72. The molecule has 1 aliphatic rings. The molecule has 7 nitrogen and oxygen atoms in total. The van der Waals surface area contributed by atoms with Gasteiger partial charge in [-0.05, 0) is 31.4 Å². The van der Waals surface area contributed by atoms with E-state index in [0.717, 1.165) is 48.6 Å². The highest BCUT2D eigenvalue weighted by Crippen LogP contribution is 2.24. The van der Waals surface area contributed by atoms with Crippen LogP contribution in [0.5, 0.6) is 0 Å². The first-order chi connectivity index (χ1) is 13.7. The number of aryl methyl sites for hydroxylation is 1. The molecule has 0 bridgehead atoms. The minimum atomic E-state index is -0.203. The van der Waals surface area contributed by atoms with Crippen molar-refractivity contribution in [2.24, 2.45) is 0 Å². The van der Waals surface area contributed by atoms with E-state index in [4.69, 9.17) is 4.98 Å². The normalized spacial score (nSPS) is 13.7. The molecule has 1 fully saturated rings. The van der Waals surface area contributed by atoms with Gasteiger partial charge in [0.15, 0.2) is 0 Å². The Bertz CT molecular complexity index is 952. The summed E-state index contributed by atoms with van der Waals surface area (Å²) in [6.07, 6.45) is 8.22. The molecular weight excluding hydrogens is 372 g/mol. The van der Waals surface area contributed by atoms with Crippen LogP contribution in [0, 0.1) is 0 Å². The first-order valence-corrected chi connectivity index (χ1v) is 10.4. The van der Waals surface area contributed by atoms with Crippen molar-refractivity contribution < 1.29 is 4.79 Å². The highest BCUT2D eigenvalue weighted by Gasteiger charge is 2.20. The molecule has 0 spiro atoms. The monoisotopic (exact) mass is 394 g/mol. The zero-order chi connectivity index (χ0) is 19.3. The number of carbonyl (C=O) groups excluding carboxylic acids is 1. The average molecular weight is 395 g/mol. The van der Waals surface area contributed by atoms with E-state index in [9.17, 15) is 4.79 Å². The van der Waals surface area contributed by atoms with Crippen molar-refractivity contribution in [2.75, 3.05) is 18.0 Å². The Morgan fingerprint density at radius 2 is 2.00 bits per heavy atom. The Morgan fingerprint density at radius 1 is 1.21 bits per heavy atom. The molecule has 8 heteroatoms. The fraction of sp³-hybridized carbons (Fsp3) is 0.350. The Hall–Kier alpha value is -2.87. The van der Waals surface area contributed by atoms with Crippen molar-refractivity contribution in [3.63, 3.8) is 0 Å². The third-order valence-corrected chi connectivity index (χ3v) is 5.74. The number of anilines is 1. The smallest absolute Gasteiger partial charge is 0.255 e. The lowest BCUT2D eigenvalue weighted by atomic mass is 10.1. The van der Waals surface area contributed by atoms with Gasteiger partial charge < -0.3 is 10.2 Å². The number of rotatable bonds is 6.